The highest BCUT2D eigenvalue weighted by Gasteiger charge is 2.18. The second-order valence-electron chi connectivity index (χ2n) is 5.09. The number of thiophene rings is 1. The van der Waals surface area contributed by atoms with Crippen LogP contribution in [0.5, 0.6) is 0 Å². The number of likely N-dealkylation sites (N-methyl/N-ethyl adjacent to an activating group) is 1. The first-order valence-electron chi connectivity index (χ1n) is 6.71. The topological polar surface area (TPSA) is 54.2 Å². The summed E-state index contributed by atoms with van der Waals surface area (Å²) in [6, 6.07) is 4.57. The molecule has 1 aliphatic rings. The second kappa shape index (κ2) is 6.34. The van der Waals surface area contributed by atoms with Gasteiger partial charge in [-0.05, 0) is 54.5 Å². The molecule has 3 heterocycles. The summed E-state index contributed by atoms with van der Waals surface area (Å²) in [5.74, 6) is 1.27. The molecule has 0 radical (unpaired) electrons. The third kappa shape index (κ3) is 3.46. The number of aromatic nitrogens is 2. The molecule has 3 rings (SSSR count). The van der Waals surface area contributed by atoms with Gasteiger partial charge in [0.15, 0.2) is 0 Å². The summed E-state index contributed by atoms with van der Waals surface area (Å²) >= 11 is 5.03. The van der Waals surface area contributed by atoms with Crippen molar-refractivity contribution in [3.05, 3.63) is 21.8 Å². The van der Waals surface area contributed by atoms with Gasteiger partial charge in [0.2, 0.25) is 5.89 Å². The Labute approximate surface area is 130 Å². The van der Waals surface area contributed by atoms with E-state index >= 15 is 0 Å². The van der Waals surface area contributed by atoms with Gasteiger partial charge in [0.25, 0.3) is 5.89 Å². The molecular formula is C13H17BrN4OS. The van der Waals surface area contributed by atoms with Crippen molar-refractivity contribution in [1.82, 2.24) is 20.4 Å². The van der Waals surface area contributed by atoms with Gasteiger partial charge in [-0.15, -0.1) is 21.5 Å². The normalized spacial score (nSPS) is 19.1. The zero-order valence-electron chi connectivity index (χ0n) is 11.3. The summed E-state index contributed by atoms with van der Waals surface area (Å²) in [5, 5.41) is 11.7. The van der Waals surface area contributed by atoms with Crippen LogP contribution >= 0.6 is 27.3 Å². The van der Waals surface area contributed by atoms with E-state index in [2.05, 4.69) is 43.4 Å². The molecular weight excluding hydrogens is 340 g/mol. The van der Waals surface area contributed by atoms with Gasteiger partial charge in [-0.1, -0.05) is 0 Å². The Balaban J connectivity index is 1.59. The van der Waals surface area contributed by atoms with E-state index in [1.807, 2.05) is 12.1 Å². The minimum Gasteiger partial charge on any atom is -0.419 e. The fourth-order valence-corrected chi connectivity index (χ4v) is 3.74. The first-order chi connectivity index (χ1) is 9.70. The summed E-state index contributed by atoms with van der Waals surface area (Å²) in [7, 11) is 2.09. The van der Waals surface area contributed by atoms with Crippen molar-refractivity contribution in [3.63, 3.8) is 0 Å². The van der Waals surface area contributed by atoms with Crippen molar-refractivity contribution >= 4 is 27.3 Å². The predicted molar refractivity (Wildman–Crippen MR) is 82.7 cm³/mol. The first-order valence-corrected chi connectivity index (χ1v) is 8.31. The quantitative estimate of drug-likeness (QED) is 0.892. The van der Waals surface area contributed by atoms with E-state index in [1.54, 1.807) is 11.3 Å². The maximum absolute atomic E-state index is 5.72. The minimum absolute atomic E-state index is 0.593. The molecule has 20 heavy (non-hydrogen) atoms. The average molecular weight is 357 g/mol. The molecule has 0 bridgehead atoms. The molecule has 2 aromatic rings. The standard InChI is InChI=1S/C13H17BrN4OS/c1-18(7-9-3-2-6-15-9)8-12-16-17-13(19-12)10-4-5-11(14)20-10/h4-5,9,15H,2-3,6-8H2,1H3. The Hall–Kier alpha value is -0.760. The Morgan fingerprint density at radius 3 is 3.10 bits per heavy atom. The molecule has 7 heteroatoms. The Bertz CT molecular complexity index is 564. The average Bonchev–Trinajstić information content (AvgIpc) is 3.10. The van der Waals surface area contributed by atoms with Gasteiger partial charge in [-0.2, -0.15) is 0 Å². The maximum atomic E-state index is 5.72. The van der Waals surface area contributed by atoms with Crippen molar-refractivity contribution < 1.29 is 4.42 Å². The van der Waals surface area contributed by atoms with Crippen molar-refractivity contribution in [2.75, 3.05) is 20.1 Å². The number of nitrogens with one attached hydrogen (secondary N) is 1. The highest BCUT2D eigenvalue weighted by atomic mass is 79.9. The molecule has 1 atom stereocenters. The fourth-order valence-electron chi connectivity index (χ4n) is 2.43. The van der Waals surface area contributed by atoms with Crippen LogP contribution in [0.25, 0.3) is 10.8 Å². The van der Waals surface area contributed by atoms with Crippen LogP contribution in [0.15, 0.2) is 20.3 Å². The van der Waals surface area contributed by atoms with Gasteiger partial charge in [-0.25, -0.2) is 0 Å². The van der Waals surface area contributed by atoms with Crippen molar-refractivity contribution in [2.45, 2.75) is 25.4 Å². The molecule has 0 saturated carbocycles. The summed E-state index contributed by atoms with van der Waals surface area (Å²) in [6.07, 6.45) is 2.53. The summed E-state index contributed by atoms with van der Waals surface area (Å²) in [6.45, 7) is 2.84. The Kier molecular flexibility index (Phi) is 4.50. The summed E-state index contributed by atoms with van der Waals surface area (Å²) in [4.78, 5) is 3.22. The Morgan fingerprint density at radius 2 is 2.40 bits per heavy atom. The number of rotatable bonds is 5. The van der Waals surface area contributed by atoms with Gasteiger partial charge < -0.3 is 9.73 Å². The molecule has 1 aliphatic heterocycles. The third-order valence-corrected chi connectivity index (χ3v) is 4.96. The van der Waals surface area contributed by atoms with E-state index in [0.29, 0.717) is 24.4 Å². The van der Waals surface area contributed by atoms with Gasteiger partial charge >= 0.3 is 0 Å². The lowest BCUT2D eigenvalue weighted by molar-refractivity contribution is 0.265. The number of halogens is 1. The van der Waals surface area contributed by atoms with Crippen LogP contribution in [0.2, 0.25) is 0 Å². The van der Waals surface area contributed by atoms with Gasteiger partial charge in [0.05, 0.1) is 15.2 Å². The van der Waals surface area contributed by atoms with E-state index in [4.69, 9.17) is 4.42 Å². The molecule has 108 valence electrons. The molecule has 1 saturated heterocycles. The summed E-state index contributed by atoms with van der Waals surface area (Å²) < 4.78 is 6.79. The molecule has 2 aromatic heterocycles. The van der Waals surface area contributed by atoms with E-state index in [-0.39, 0.29) is 0 Å². The van der Waals surface area contributed by atoms with E-state index in [0.717, 1.165) is 21.8 Å². The molecule has 5 nitrogen and oxygen atoms in total. The van der Waals surface area contributed by atoms with Crippen molar-refractivity contribution in [3.8, 4) is 10.8 Å². The Morgan fingerprint density at radius 1 is 1.50 bits per heavy atom. The molecule has 1 unspecified atom stereocenters. The van der Waals surface area contributed by atoms with Crippen LogP contribution in [0.1, 0.15) is 18.7 Å². The lowest BCUT2D eigenvalue weighted by atomic mass is 10.2. The van der Waals surface area contributed by atoms with Crippen LogP contribution in [-0.4, -0.2) is 41.3 Å². The number of nitrogens with zero attached hydrogens (tertiary/aromatic N) is 3. The lowest BCUT2D eigenvalue weighted by Gasteiger charge is -2.19. The monoisotopic (exact) mass is 356 g/mol. The molecule has 1 N–H and O–H groups in total. The molecule has 0 aromatic carbocycles. The number of hydrogen-bond acceptors (Lipinski definition) is 6. The minimum atomic E-state index is 0.593. The van der Waals surface area contributed by atoms with E-state index in [9.17, 15) is 0 Å². The smallest absolute Gasteiger partial charge is 0.257 e. The zero-order chi connectivity index (χ0) is 13.9. The molecule has 0 aliphatic carbocycles. The summed E-state index contributed by atoms with van der Waals surface area (Å²) in [5.41, 5.74) is 0. The first kappa shape index (κ1) is 14.2. The fraction of sp³-hybridized carbons (Fsp3) is 0.538. The second-order valence-corrected chi connectivity index (χ2v) is 7.56. The maximum Gasteiger partial charge on any atom is 0.257 e. The molecule has 1 fully saturated rings. The van der Waals surface area contributed by atoms with Crippen molar-refractivity contribution in [1.29, 1.82) is 0 Å². The predicted octanol–water partition coefficient (Wildman–Crippen LogP) is 2.74. The lowest BCUT2D eigenvalue weighted by Crippen LogP contribution is -2.35. The van der Waals surface area contributed by atoms with Crippen LogP contribution in [-0.2, 0) is 6.54 Å². The van der Waals surface area contributed by atoms with Crippen LogP contribution in [0, 0.1) is 0 Å². The number of hydrogen-bond donors (Lipinski definition) is 1. The SMILES string of the molecule is CN(Cc1nnc(-c2ccc(Br)s2)o1)CC1CCCN1. The largest absolute Gasteiger partial charge is 0.419 e. The highest BCUT2D eigenvalue weighted by Crippen LogP contribution is 2.30. The highest BCUT2D eigenvalue weighted by molar-refractivity contribution is 9.11. The van der Waals surface area contributed by atoms with Crippen LogP contribution < -0.4 is 5.32 Å². The van der Waals surface area contributed by atoms with E-state index < -0.39 is 0 Å². The zero-order valence-corrected chi connectivity index (χ0v) is 13.7. The van der Waals surface area contributed by atoms with E-state index in [1.165, 1.54) is 12.8 Å². The third-order valence-electron chi connectivity index (χ3n) is 3.35. The molecule has 0 amide bonds. The molecule has 0 spiro atoms. The van der Waals surface area contributed by atoms with Gasteiger partial charge in [0, 0.05) is 12.6 Å². The van der Waals surface area contributed by atoms with Crippen LogP contribution in [0.4, 0.5) is 0 Å². The van der Waals surface area contributed by atoms with Crippen LogP contribution in [0.3, 0.4) is 0 Å². The van der Waals surface area contributed by atoms with Gasteiger partial charge in [0.1, 0.15) is 0 Å². The van der Waals surface area contributed by atoms with Gasteiger partial charge in [-0.3, -0.25) is 4.90 Å². The van der Waals surface area contributed by atoms with Crippen molar-refractivity contribution in [2.24, 2.45) is 0 Å².